The second kappa shape index (κ2) is 6.29. The number of para-hydroxylation sites is 1. The van der Waals surface area contributed by atoms with Gasteiger partial charge in [0.05, 0.1) is 11.1 Å². The number of hydrogen-bond acceptors (Lipinski definition) is 4. The molecule has 1 aromatic carbocycles. The van der Waals surface area contributed by atoms with Crippen LogP contribution in [0.4, 0.5) is 8.78 Å². The molecule has 2 heterocycles. The van der Waals surface area contributed by atoms with Crippen LogP contribution in [-0.4, -0.2) is 15.3 Å². The number of thioether (sulfide) groups is 1. The van der Waals surface area contributed by atoms with Crippen molar-refractivity contribution in [1.82, 2.24) is 9.55 Å². The molecular weight excluding hydrogens is 350 g/mol. The summed E-state index contributed by atoms with van der Waals surface area (Å²) in [5.41, 5.74) is 1.39. The minimum absolute atomic E-state index is 0.0484. The highest BCUT2D eigenvalue weighted by Crippen LogP contribution is 2.35. The van der Waals surface area contributed by atoms with Crippen molar-refractivity contribution < 1.29 is 8.78 Å². The molecule has 0 unspecified atom stereocenters. The van der Waals surface area contributed by atoms with Crippen molar-refractivity contribution >= 4 is 33.3 Å². The topological polar surface area (TPSA) is 34.9 Å². The van der Waals surface area contributed by atoms with Crippen molar-refractivity contribution in [1.29, 1.82) is 0 Å². The highest BCUT2D eigenvalue weighted by molar-refractivity contribution is 7.99. The first-order valence-electron chi connectivity index (χ1n) is 7.72. The zero-order chi connectivity index (χ0) is 16.7. The Bertz CT molecular complexity index is 951. The maximum absolute atomic E-state index is 13.1. The monoisotopic (exact) mass is 364 g/mol. The number of alkyl halides is 2. The molecule has 0 spiro atoms. The maximum Gasteiger partial charge on any atom is 0.291 e. The first kappa shape index (κ1) is 15.8. The van der Waals surface area contributed by atoms with E-state index < -0.39 is 5.76 Å². The van der Waals surface area contributed by atoms with E-state index >= 15 is 0 Å². The lowest BCUT2D eigenvalue weighted by Crippen LogP contribution is -2.22. The number of rotatable bonds is 3. The molecule has 3 aromatic rings. The first-order chi connectivity index (χ1) is 11.6. The van der Waals surface area contributed by atoms with Gasteiger partial charge in [-0.3, -0.25) is 9.36 Å². The van der Waals surface area contributed by atoms with Crippen molar-refractivity contribution in [3.8, 4) is 5.69 Å². The normalized spacial score (nSPS) is 14.3. The number of thiophene rings is 1. The Hall–Kier alpha value is -1.73. The molecule has 1 aliphatic carbocycles. The molecule has 3 nitrogen and oxygen atoms in total. The molecule has 0 saturated carbocycles. The van der Waals surface area contributed by atoms with Gasteiger partial charge in [-0.1, -0.05) is 18.2 Å². The molecule has 0 bridgehead atoms. The maximum atomic E-state index is 13.1. The standard InChI is InChI=1S/C17H14F2N2OS2/c18-16(19)24-17-20-14-13(11-8-4-5-9-12(11)23-14)15(22)21(17)10-6-2-1-3-7-10/h1-3,6-7,16H,4-5,8-9H2. The Morgan fingerprint density at radius 2 is 1.92 bits per heavy atom. The number of fused-ring (bicyclic) bond motifs is 3. The van der Waals surface area contributed by atoms with E-state index in [9.17, 15) is 13.6 Å². The molecule has 0 saturated heterocycles. The molecular formula is C17H14F2N2OS2. The van der Waals surface area contributed by atoms with Gasteiger partial charge in [-0.05, 0) is 55.1 Å². The second-order valence-corrected chi connectivity index (χ2v) is 7.68. The molecule has 124 valence electrons. The largest absolute Gasteiger partial charge is 0.291 e. The van der Waals surface area contributed by atoms with E-state index in [0.29, 0.717) is 27.7 Å². The molecule has 2 aromatic heterocycles. The Balaban J connectivity index is 2.04. The van der Waals surface area contributed by atoms with Crippen LogP contribution in [0.3, 0.4) is 0 Å². The molecule has 0 fully saturated rings. The van der Waals surface area contributed by atoms with Gasteiger partial charge in [-0.25, -0.2) is 4.98 Å². The van der Waals surface area contributed by atoms with Crippen molar-refractivity contribution in [2.45, 2.75) is 36.6 Å². The SMILES string of the molecule is O=c1c2c3c(sc2nc(SC(F)F)n1-c1ccccc1)CCCC3. The number of aryl methyl sites for hydroxylation is 2. The molecule has 7 heteroatoms. The van der Waals surface area contributed by atoms with E-state index in [2.05, 4.69) is 4.98 Å². The summed E-state index contributed by atoms with van der Waals surface area (Å²) in [5, 5.41) is 0.657. The van der Waals surface area contributed by atoms with Crippen LogP contribution in [-0.2, 0) is 12.8 Å². The van der Waals surface area contributed by atoms with Gasteiger partial charge in [0, 0.05) is 4.88 Å². The summed E-state index contributed by atoms with van der Waals surface area (Å²) in [4.78, 5) is 19.3. The molecule has 1 aliphatic rings. The van der Waals surface area contributed by atoms with Crippen molar-refractivity contribution in [3.05, 3.63) is 51.1 Å². The minimum atomic E-state index is -2.63. The zero-order valence-electron chi connectivity index (χ0n) is 12.7. The summed E-state index contributed by atoms with van der Waals surface area (Å²) in [6, 6.07) is 8.87. The van der Waals surface area contributed by atoms with Crippen LogP contribution in [0.2, 0.25) is 0 Å². The Morgan fingerprint density at radius 1 is 1.17 bits per heavy atom. The van der Waals surface area contributed by atoms with Crippen molar-refractivity contribution in [3.63, 3.8) is 0 Å². The average molecular weight is 364 g/mol. The fraction of sp³-hybridized carbons (Fsp3) is 0.294. The van der Waals surface area contributed by atoms with Crippen LogP contribution in [0.25, 0.3) is 15.9 Å². The second-order valence-electron chi connectivity index (χ2n) is 5.64. The summed E-state index contributed by atoms with van der Waals surface area (Å²) >= 11 is 1.80. The van der Waals surface area contributed by atoms with E-state index in [0.717, 1.165) is 31.2 Å². The lowest BCUT2D eigenvalue weighted by atomic mass is 9.97. The molecule has 0 aliphatic heterocycles. The van der Waals surface area contributed by atoms with E-state index in [1.54, 1.807) is 24.3 Å². The van der Waals surface area contributed by atoms with Crippen LogP contribution < -0.4 is 5.56 Å². The molecule has 0 atom stereocenters. The zero-order valence-corrected chi connectivity index (χ0v) is 14.3. The Labute approximate surface area is 145 Å². The fourth-order valence-electron chi connectivity index (χ4n) is 3.15. The third-order valence-corrected chi connectivity index (χ3v) is 6.02. The van der Waals surface area contributed by atoms with E-state index in [-0.39, 0.29) is 10.7 Å². The van der Waals surface area contributed by atoms with Gasteiger partial charge in [0.25, 0.3) is 11.3 Å². The smallest absolute Gasteiger partial charge is 0.268 e. The Morgan fingerprint density at radius 3 is 2.67 bits per heavy atom. The summed E-state index contributed by atoms with van der Waals surface area (Å²) in [6.07, 6.45) is 3.96. The number of aromatic nitrogens is 2. The predicted molar refractivity (Wildman–Crippen MR) is 93.7 cm³/mol. The number of halogens is 2. The molecule has 0 amide bonds. The van der Waals surface area contributed by atoms with Gasteiger partial charge in [-0.2, -0.15) is 8.78 Å². The molecule has 24 heavy (non-hydrogen) atoms. The highest BCUT2D eigenvalue weighted by atomic mass is 32.2. The number of hydrogen-bond donors (Lipinski definition) is 0. The van der Waals surface area contributed by atoms with Crippen LogP contribution in [0.15, 0.2) is 40.3 Å². The average Bonchev–Trinajstić information content (AvgIpc) is 2.93. The summed E-state index contributed by atoms with van der Waals surface area (Å²) in [7, 11) is 0. The van der Waals surface area contributed by atoms with Gasteiger partial charge in [0.1, 0.15) is 4.83 Å². The van der Waals surface area contributed by atoms with Gasteiger partial charge in [-0.15, -0.1) is 11.3 Å². The van der Waals surface area contributed by atoms with Crippen molar-refractivity contribution in [2.24, 2.45) is 0 Å². The molecule has 4 rings (SSSR count). The van der Waals surface area contributed by atoms with Crippen LogP contribution in [0.5, 0.6) is 0 Å². The lowest BCUT2D eigenvalue weighted by Gasteiger charge is -2.13. The first-order valence-corrected chi connectivity index (χ1v) is 9.42. The van der Waals surface area contributed by atoms with E-state index in [4.69, 9.17) is 0 Å². The summed E-state index contributed by atoms with van der Waals surface area (Å²) in [6.45, 7) is 0. The lowest BCUT2D eigenvalue weighted by molar-refractivity contribution is 0.251. The third-order valence-electron chi connectivity index (χ3n) is 4.17. The summed E-state index contributed by atoms with van der Waals surface area (Å²) in [5.74, 6) is -2.63. The molecule has 0 N–H and O–H groups in total. The van der Waals surface area contributed by atoms with Gasteiger partial charge in [0.2, 0.25) is 0 Å². The number of benzene rings is 1. The van der Waals surface area contributed by atoms with Gasteiger partial charge >= 0.3 is 0 Å². The van der Waals surface area contributed by atoms with Crippen molar-refractivity contribution in [2.75, 3.05) is 0 Å². The van der Waals surface area contributed by atoms with Crippen LogP contribution in [0.1, 0.15) is 23.3 Å². The van der Waals surface area contributed by atoms with Gasteiger partial charge < -0.3 is 0 Å². The quantitative estimate of drug-likeness (QED) is 0.502. The molecule has 0 radical (unpaired) electrons. The van der Waals surface area contributed by atoms with Crippen LogP contribution >= 0.6 is 23.1 Å². The number of nitrogens with zero attached hydrogens (tertiary/aromatic N) is 2. The van der Waals surface area contributed by atoms with E-state index in [1.165, 1.54) is 20.8 Å². The van der Waals surface area contributed by atoms with Crippen LogP contribution in [0, 0.1) is 0 Å². The summed E-state index contributed by atoms with van der Waals surface area (Å²) < 4.78 is 27.3. The highest BCUT2D eigenvalue weighted by Gasteiger charge is 2.24. The van der Waals surface area contributed by atoms with Gasteiger partial charge in [0.15, 0.2) is 5.16 Å². The predicted octanol–water partition coefficient (Wildman–Crippen LogP) is 4.64. The Kier molecular flexibility index (Phi) is 4.14. The van der Waals surface area contributed by atoms with E-state index in [1.807, 2.05) is 6.07 Å². The fourth-order valence-corrected chi connectivity index (χ4v) is 5.06. The third kappa shape index (κ3) is 2.65. The minimum Gasteiger partial charge on any atom is -0.268 e.